The van der Waals surface area contributed by atoms with Crippen molar-refractivity contribution in [2.45, 2.75) is 20.3 Å². The van der Waals surface area contributed by atoms with Crippen LogP contribution in [-0.4, -0.2) is 23.7 Å². The molecule has 0 aliphatic heterocycles. The van der Waals surface area contributed by atoms with Crippen molar-refractivity contribution in [2.75, 3.05) is 23.9 Å². The third kappa shape index (κ3) is 4.96. The van der Waals surface area contributed by atoms with Crippen molar-refractivity contribution in [3.63, 3.8) is 0 Å². The van der Waals surface area contributed by atoms with Gasteiger partial charge in [0.1, 0.15) is 0 Å². The lowest BCUT2D eigenvalue weighted by atomic mass is 10.1. The van der Waals surface area contributed by atoms with E-state index in [0.717, 1.165) is 18.7 Å². The van der Waals surface area contributed by atoms with E-state index in [1.807, 2.05) is 11.8 Å². The second-order valence-electron chi connectivity index (χ2n) is 3.99. The summed E-state index contributed by atoms with van der Waals surface area (Å²) < 4.78 is 0. The standard InChI is InChI=1S/C13H20N2S2/c1-10-6-4-7-11(2)12(10)15-13(16)14-8-5-9-17-3/h4,6-7H,5,8-9H2,1-3H3,(H2,14,15,16). The van der Waals surface area contributed by atoms with Crippen LogP contribution in [0.5, 0.6) is 0 Å². The summed E-state index contributed by atoms with van der Waals surface area (Å²) in [5.74, 6) is 1.17. The fraction of sp³-hybridized carbons (Fsp3) is 0.462. The molecule has 0 bridgehead atoms. The summed E-state index contributed by atoms with van der Waals surface area (Å²) in [4.78, 5) is 0. The van der Waals surface area contributed by atoms with Crippen LogP contribution in [0.2, 0.25) is 0 Å². The summed E-state index contributed by atoms with van der Waals surface area (Å²) in [7, 11) is 0. The molecule has 0 aliphatic carbocycles. The van der Waals surface area contributed by atoms with E-state index in [0.29, 0.717) is 5.11 Å². The SMILES string of the molecule is CSCCCNC(=S)Nc1c(C)cccc1C. The van der Waals surface area contributed by atoms with Crippen LogP contribution in [0.15, 0.2) is 18.2 Å². The first kappa shape index (κ1) is 14.3. The zero-order valence-electron chi connectivity index (χ0n) is 10.7. The van der Waals surface area contributed by atoms with E-state index < -0.39 is 0 Å². The smallest absolute Gasteiger partial charge is 0.170 e. The van der Waals surface area contributed by atoms with Gasteiger partial charge in [0, 0.05) is 12.2 Å². The van der Waals surface area contributed by atoms with Gasteiger partial charge in [0.15, 0.2) is 5.11 Å². The first-order valence-corrected chi connectivity index (χ1v) is 7.55. The Morgan fingerprint density at radius 3 is 2.53 bits per heavy atom. The zero-order chi connectivity index (χ0) is 12.7. The molecule has 94 valence electrons. The maximum atomic E-state index is 5.28. The lowest BCUT2D eigenvalue weighted by Gasteiger charge is -2.14. The second kappa shape index (κ2) is 7.56. The molecule has 0 heterocycles. The van der Waals surface area contributed by atoms with Crippen molar-refractivity contribution in [3.05, 3.63) is 29.3 Å². The summed E-state index contributed by atoms with van der Waals surface area (Å²) in [6.07, 6.45) is 3.25. The predicted octanol–water partition coefficient (Wildman–Crippen LogP) is 3.34. The molecule has 1 aromatic carbocycles. The van der Waals surface area contributed by atoms with Crippen LogP contribution in [0.1, 0.15) is 17.5 Å². The van der Waals surface area contributed by atoms with Gasteiger partial charge in [-0.3, -0.25) is 0 Å². The zero-order valence-corrected chi connectivity index (χ0v) is 12.3. The molecule has 4 heteroatoms. The van der Waals surface area contributed by atoms with E-state index in [-0.39, 0.29) is 0 Å². The number of nitrogens with one attached hydrogen (secondary N) is 2. The van der Waals surface area contributed by atoms with Gasteiger partial charge in [-0.2, -0.15) is 11.8 Å². The molecule has 0 unspecified atom stereocenters. The molecule has 0 saturated heterocycles. The average Bonchev–Trinajstić information content (AvgIpc) is 2.30. The molecule has 2 N–H and O–H groups in total. The molecule has 0 aliphatic rings. The predicted molar refractivity (Wildman–Crippen MR) is 83.1 cm³/mol. The number of hydrogen-bond donors (Lipinski definition) is 2. The first-order valence-electron chi connectivity index (χ1n) is 5.75. The Kier molecular flexibility index (Phi) is 6.37. The minimum Gasteiger partial charge on any atom is -0.362 e. The number of thioether (sulfide) groups is 1. The lowest BCUT2D eigenvalue weighted by molar-refractivity contribution is 0.855. The van der Waals surface area contributed by atoms with E-state index >= 15 is 0 Å². The Balaban J connectivity index is 2.45. The second-order valence-corrected chi connectivity index (χ2v) is 5.39. The summed E-state index contributed by atoms with van der Waals surface area (Å²) in [5.41, 5.74) is 3.56. The summed E-state index contributed by atoms with van der Waals surface area (Å²) in [6, 6.07) is 6.24. The molecule has 0 atom stereocenters. The molecule has 0 amide bonds. The number of benzene rings is 1. The van der Waals surface area contributed by atoms with Crippen LogP contribution >= 0.6 is 24.0 Å². The van der Waals surface area contributed by atoms with Crippen LogP contribution in [0, 0.1) is 13.8 Å². The van der Waals surface area contributed by atoms with Gasteiger partial charge in [-0.05, 0) is 55.6 Å². The van der Waals surface area contributed by atoms with Crippen LogP contribution in [0.4, 0.5) is 5.69 Å². The van der Waals surface area contributed by atoms with Gasteiger partial charge in [0.25, 0.3) is 0 Å². The summed E-state index contributed by atoms with van der Waals surface area (Å²) in [6.45, 7) is 5.11. The Bertz CT molecular complexity index is 357. The van der Waals surface area contributed by atoms with Gasteiger partial charge in [-0.25, -0.2) is 0 Å². The van der Waals surface area contributed by atoms with Gasteiger partial charge in [-0.15, -0.1) is 0 Å². The van der Waals surface area contributed by atoms with E-state index in [2.05, 4.69) is 48.9 Å². The number of thiocarbonyl (C=S) groups is 1. The van der Waals surface area contributed by atoms with Gasteiger partial charge in [0.05, 0.1) is 0 Å². The van der Waals surface area contributed by atoms with E-state index in [4.69, 9.17) is 12.2 Å². The first-order chi connectivity index (χ1) is 8.15. The van der Waals surface area contributed by atoms with Crippen LogP contribution in [0.25, 0.3) is 0 Å². The molecular formula is C13H20N2S2. The number of para-hydroxylation sites is 1. The average molecular weight is 268 g/mol. The Labute approximate surface area is 114 Å². The molecule has 1 aromatic rings. The van der Waals surface area contributed by atoms with E-state index in [9.17, 15) is 0 Å². The monoisotopic (exact) mass is 268 g/mol. The van der Waals surface area contributed by atoms with Crippen molar-refractivity contribution in [1.29, 1.82) is 0 Å². The van der Waals surface area contributed by atoms with Crippen LogP contribution in [-0.2, 0) is 0 Å². The quantitative estimate of drug-likeness (QED) is 0.632. The highest BCUT2D eigenvalue weighted by Crippen LogP contribution is 2.18. The molecule has 0 saturated carbocycles. The molecule has 1 rings (SSSR count). The molecule has 0 spiro atoms. The highest BCUT2D eigenvalue weighted by atomic mass is 32.2. The fourth-order valence-corrected chi connectivity index (χ4v) is 2.22. The molecule has 2 nitrogen and oxygen atoms in total. The number of anilines is 1. The topological polar surface area (TPSA) is 24.1 Å². The van der Waals surface area contributed by atoms with Crippen molar-refractivity contribution in [3.8, 4) is 0 Å². The summed E-state index contributed by atoms with van der Waals surface area (Å²) in [5, 5.41) is 7.21. The van der Waals surface area contributed by atoms with Crippen molar-refractivity contribution in [2.24, 2.45) is 0 Å². The van der Waals surface area contributed by atoms with E-state index in [1.165, 1.54) is 16.9 Å². The van der Waals surface area contributed by atoms with Crippen molar-refractivity contribution >= 4 is 34.8 Å². The highest BCUT2D eigenvalue weighted by molar-refractivity contribution is 7.98. The highest BCUT2D eigenvalue weighted by Gasteiger charge is 2.03. The third-order valence-corrected chi connectivity index (χ3v) is 3.47. The van der Waals surface area contributed by atoms with E-state index in [1.54, 1.807) is 0 Å². The minimum atomic E-state index is 0.712. The molecule has 0 aromatic heterocycles. The van der Waals surface area contributed by atoms with Gasteiger partial charge < -0.3 is 10.6 Å². The minimum absolute atomic E-state index is 0.712. The number of hydrogen-bond acceptors (Lipinski definition) is 2. The van der Waals surface area contributed by atoms with Crippen molar-refractivity contribution < 1.29 is 0 Å². The number of aryl methyl sites for hydroxylation is 2. The molecule has 17 heavy (non-hydrogen) atoms. The Morgan fingerprint density at radius 1 is 1.29 bits per heavy atom. The number of rotatable bonds is 5. The van der Waals surface area contributed by atoms with Crippen molar-refractivity contribution in [1.82, 2.24) is 5.32 Å². The lowest BCUT2D eigenvalue weighted by Crippen LogP contribution is -2.30. The van der Waals surface area contributed by atoms with Gasteiger partial charge in [-0.1, -0.05) is 18.2 Å². The maximum absolute atomic E-state index is 5.28. The normalized spacial score (nSPS) is 10.1. The molecule has 0 fully saturated rings. The third-order valence-electron chi connectivity index (χ3n) is 2.53. The summed E-state index contributed by atoms with van der Waals surface area (Å²) >= 11 is 7.13. The molecule has 0 radical (unpaired) electrons. The molecular weight excluding hydrogens is 248 g/mol. The van der Waals surface area contributed by atoms with Crippen LogP contribution < -0.4 is 10.6 Å². The maximum Gasteiger partial charge on any atom is 0.170 e. The van der Waals surface area contributed by atoms with Crippen LogP contribution in [0.3, 0.4) is 0 Å². The largest absolute Gasteiger partial charge is 0.362 e. The van der Waals surface area contributed by atoms with Gasteiger partial charge >= 0.3 is 0 Å². The fourth-order valence-electron chi connectivity index (χ4n) is 1.59. The van der Waals surface area contributed by atoms with Gasteiger partial charge in [0.2, 0.25) is 0 Å². The Hall–Kier alpha value is -0.740. The Morgan fingerprint density at radius 2 is 1.94 bits per heavy atom.